The van der Waals surface area contributed by atoms with E-state index < -0.39 is 4.92 Å². The number of likely N-dealkylation sites (tertiary alicyclic amines) is 1. The number of nitro groups is 1. The molecule has 1 aliphatic heterocycles. The number of hydrogen-bond acceptors (Lipinski definition) is 6. The van der Waals surface area contributed by atoms with Crippen molar-refractivity contribution >= 4 is 11.6 Å². The Balaban J connectivity index is 1.98. The lowest BCUT2D eigenvalue weighted by Crippen LogP contribution is -2.46. The molecule has 1 aromatic heterocycles. The molecule has 0 spiro atoms. The highest BCUT2D eigenvalue weighted by Gasteiger charge is 2.25. The van der Waals surface area contributed by atoms with Crippen molar-refractivity contribution in [2.45, 2.75) is 38.8 Å². The van der Waals surface area contributed by atoms with E-state index in [1.807, 2.05) is 11.9 Å². The van der Waals surface area contributed by atoms with Crippen molar-refractivity contribution in [1.29, 1.82) is 0 Å². The molecule has 20 heavy (non-hydrogen) atoms. The molecule has 0 unspecified atom stereocenters. The Kier molecular flexibility index (Phi) is 4.49. The van der Waals surface area contributed by atoms with Crippen LogP contribution in [0.2, 0.25) is 0 Å². The van der Waals surface area contributed by atoms with Crippen LogP contribution < -0.4 is 4.90 Å². The molecule has 0 atom stereocenters. The third kappa shape index (κ3) is 3.22. The van der Waals surface area contributed by atoms with E-state index in [1.54, 1.807) is 0 Å². The van der Waals surface area contributed by atoms with Crippen LogP contribution in [-0.2, 0) is 0 Å². The van der Waals surface area contributed by atoms with Crippen LogP contribution in [0.15, 0.2) is 12.4 Å². The van der Waals surface area contributed by atoms with Crippen LogP contribution in [0, 0.1) is 10.1 Å². The van der Waals surface area contributed by atoms with Crippen molar-refractivity contribution < 1.29 is 4.92 Å². The van der Waals surface area contributed by atoms with Crippen molar-refractivity contribution in [3.05, 3.63) is 22.5 Å². The SMILES string of the molecule is CC(C)N1CCC(N(C)c2ncc([N+](=O)[O-])cn2)CC1. The number of rotatable bonds is 4. The Morgan fingerprint density at radius 3 is 2.35 bits per heavy atom. The molecule has 2 rings (SSSR count). The summed E-state index contributed by atoms with van der Waals surface area (Å²) >= 11 is 0. The summed E-state index contributed by atoms with van der Waals surface area (Å²) in [5.74, 6) is 0.554. The maximum Gasteiger partial charge on any atom is 0.305 e. The molecule has 1 aromatic rings. The van der Waals surface area contributed by atoms with Gasteiger partial charge in [0, 0.05) is 32.2 Å². The van der Waals surface area contributed by atoms with Gasteiger partial charge in [0.2, 0.25) is 5.95 Å². The van der Waals surface area contributed by atoms with Crippen LogP contribution >= 0.6 is 0 Å². The molecule has 7 heteroatoms. The fraction of sp³-hybridized carbons (Fsp3) is 0.692. The first-order valence-corrected chi connectivity index (χ1v) is 6.92. The molecule has 0 amide bonds. The van der Waals surface area contributed by atoms with E-state index in [2.05, 4.69) is 28.7 Å². The van der Waals surface area contributed by atoms with Gasteiger partial charge in [0.1, 0.15) is 12.4 Å². The molecule has 2 heterocycles. The minimum Gasteiger partial charge on any atom is -0.341 e. The van der Waals surface area contributed by atoms with Crippen molar-refractivity contribution in [3.63, 3.8) is 0 Å². The lowest BCUT2D eigenvalue weighted by molar-refractivity contribution is -0.385. The minimum atomic E-state index is -0.481. The Hall–Kier alpha value is -1.76. The fourth-order valence-electron chi connectivity index (χ4n) is 2.54. The molecule has 0 bridgehead atoms. The summed E-state index contributed by atoms with van der Waals surface area (Å²) in [6.07, 6.45) is 4.66. The summed E-state index contributed by atoms with van der Waals surface area (Å²) in [6.45, 7) is 6.56. The Morgan fingerprint density at radius 1 is 1.35 bits per heavy atom. The summed E-state index contributed by atoms with van der Waals surface area (Å²) < 4.78 is 0. The van der Waals surface area contributed by atoms with Crippen LogP contribution in [0.25, 0.3) is 0 Å². The van der Waals surface area contributed by atoms with Gasteiger partial charge >= 0.3 is 5.69 Å². The zero-order chi connectivity index (χ0) is 14.7. The van der Waals surface area contributed by atoms with Gasteiger partial charge in [0.25, 0.3) is 0 Å². The highest BCUT2D eigenvalue weighted by Crippen LogP contribution is 2.21. The van der Waals surface area contributed by atoms with E-state index in [0.29, 0.717) is 18.0 Å². The molecular formula is C13H21N5O2. The molecule has 0 aromatic carbocycles. The van der Waals surface area contributed by atoms with Gasteiger partial charge in [-0.1, -0.05) is 0 Å². The monoisotopic (exact) mass is 279 g/mol. The normalized spacial score (nSPS) is 17.4. The zero-order valence-electron chi connectivity index (χ0n) is 12.2. The molecule has 0 saturated carbocycles. The van der Waals surface area contributed by atoms with E-state index in [0.717, 1.165) is 25.9 Å². The first-order valence-electron chi connectivity index (χ1n) is 6.92. The number of piperidine rings is 1. The smallest absolute Gasteiger partial charge is 0.305 e. The number of anilines is 1. The second-order valence-corrected chi connectivity index (χ2v) is 5.47. The quantitative estimate of drug-likeness (QED) is 0.616. The highest BCUT2D eigenvalue weighted by molar-refractivity contribution is 5.34. The lowest BCUT2D eigenvalue weighted by atomic mass is 10.0. The minimum absolute atomic E-state index is 0.0724. The van der Waals surface area contributed by atoms with E-state index in [9.17, 15) is 10.1 Å². The van der Waals surface area contributed by atoms with E-state index in [4.69, 9.17) is 0 Å². The number of aromatic nitrogens is 2. The Bertz CT molecular complexity index is 454. The van der Waals surface area contributed by atoms with Gasteiger partial charge in [-0.15, -0.1) is 0 Å². The van der Waals surface area contributed by atoms with Crippen molar-refractivity contribution in [2.75, 3.05) is 25.0 Å². The predicted octanol–water partition coefficient (Wildman–Crippen LogP) is 1.69. The first kappa shape index (κ1) is 14.6. The second-order valence-electron chi connectivity index (χ2n) is 5.47. The van der Waals surface area contributed by atoms with E-state index in [1.165, 1.54) is 12.4 Å². The second kappa shape index (κ2) is 6.13. The van der Waals surface area contributed by atoms with Gasteiger partial charge in [-0.05, 0) is 26.7 Å². The summed E-state index contributed by atoms with van der Waals surface area (Å²) in [5, 5.41) is 10.6. The standard InChI is InChI=1S/C13H21N5O2/c1-10(2)17-6-4-11(5-7-17)16(3)13-14-8-12(9-15-13)18(19)20/h8-11H,4-7H2,1-3H3. The lowest BCUT2D eigenvalue weighted by Gasteiger charge is -2.38. The van der Waals surface area contributed by atoms with Crippen LogP contribution in [-0.4, -0.2) is 52.0 Å². The molecule has 7 nitrogen and oxygen atoms in total. The van der Waals surface area contributed by atoms with E-state index >= 15 is 0 Å². The van der Waals surface area contributed by atoms with Crippen LogP contribution in [0.1, 0.15) is 26.7 Å². The maximum absolute atomic E-state index is 10.6. The predicted molar refractivity (Wildman–Crippen MR) is 76.8 cm³/mol. The van der Waals surface area contributed by atoms with Gasteiger partial charge in [0.05, 0.1) is 4.92 Å². The van der Waals surface area contributed by atoms with Crippen molar-refractivity contribution in [1.82, 2.24) is 14.9 Å². The third-order valence-corrected chi connectivity index (χ3v) is 3.93. The van der Waals surface area contributed by atoms with Gasteiger partial charge in [-0.3, -0.25) is 10.1 Å². The molecule has 1 saturated heterocycles. The molecule has 1 aliphatic rings. The fourth-order valence-corrected chi connectivity index (χ4v) is 2.54. The molecule has 0 N–H and O–H groups in total. The van der Waals surface area contributed by atoms with Crippen molar-refractivity contribution in [2.24, 2.45) is 0 Å². The third-order valence-electron chi connectivity index (χ3n) is 3.93. The van der Waals surface area contributed by atoms with Gasteiger partial charge < -0.3 is 9.80 Å². The average Bonchev–Trinajstić information content (AvgIpc) is 2.46. The zero-order valence-corrected chi connectivity index (χ0v) is 12.2. The number of nitrogens with zero attached hydrogens (tertiary/aromatic N) is 5. The van der Waals surface area contributed by atoms with Crippen LogP contribution in [0.3, 0.4) is 0 Å². The summed E-state index contributed by atoms with van der Waals surface area (Å²) in [7, 11) is 1.96. The maximum atomic E-state index is 10.6. The topological polar surface area (TPSA) is 75.4 Å². The molecular weight excluding hydrogens is 258 g/mol. The van der Waals surface area contributed by atoms with Gasteiger partial charge in [-0.25, -0.2) is 9.97 Å². The van der Waals surface area contributed by atoms with Gasteiger partial charge in [-0.2, -0.15) is 0 Å². The summed E-state index contributed by atoms with van der Waals surface area (Å²) in [6, 6.07) is 0.975. The summed E-state index contributed by atoms with van der Waals surface area (Å²) in [5.41, 5.74) is -0.0724. The summed E-state index contributed by atoms with van der Waals surface area (Å²) in [4.78, 5) is 22.8. The Morgan fingerprint density at radius 2 is 1.90 bits per heavy atom. The first-order chi connectivity index (χ1) is 9.49. The average molecular weight is 279 g/mol. The molecule has 1 fully saturated rings. The largest absolute Gasteiger partial charge is 0.341 e. The molecule has 0 radical (unpaired) electrons. The molecule has 110 valence electrons. The number of hydrogen-bond donors (Lipinski definition) is 0. The van der Waals surface area contributed by atoms with Crippen LogP contribution in [0.5, 0.6) is 0 Å². The van der Waals surface area contributed by atoms with E-state index in [-0.39, 0.29) is 5.69 Å². The Labute approximate surface area is 118 Å². The van der Waals surface area contributed by atoms with Crippen LogP contribution in [0.4, 0.5) is 11.6 Å². The van der Waals surface area contributed by atoms with Gasteiger partial charge in [0.15, 0.2) is 0 Å². The highest BCUT2D eigenvalue weighted by atomic mass is 16.6. The molecule has 0 aliphatic carbocycles. The van der Waals surface area contributed by atoms with Crippen molar-refractivity contribution in [3.8, 4) is 0 Å².